The fourth-order valence-electron chi connectivity index (χ4n) is 2.30. The number of alkyl carbamates (subject to hydrolysis) is 1. The summed E-state index contributed by atoms with van der Waals surface area (Å²) >= 11 is 0. The average Bonchev–Trinajstić information content (AvgIpc) is 2.54. The summed E-state index contributed by atoms with van der Waals surface area (Å²) in [6, 6.07) is 16.5. The second kappa shape index (κ2) is 7.70. The number of nitrogens with one attached hydrogen (secondary N) is 1. The summed E-state index contributed by atoms with van der Waals surface area (Å²) in [6.45, 7) is 5.26. The van der Waals surface area contributed by atoms with Crippen molar-refractivity contribution in [3.05, 3.63) is 66.2 Å². The van der Waals surface area contributed by atoms with Crippen LogP contribution in [-0.2, 0) is 14.6 Å². The van der Waals surface area contributed by atoms with Gasteiger partial charge in [-0.25, -0.2) is 13.2 Å². The molecule has 0 spiro atoms. The van der Waals surface area contributed by atoms with Gasteiger partial charge in [0.1, 0.15) is 5.60 Å². The zero-order valence-electron chi connectivity index (χ0n) is 14.6. The van der Waals surface area contributed by atoms with E-state index in [4.69, 9.17) is 4.74 Å². The Hall–Kier alpha value is -2.34. The van der Waals surface area contributed by atoms with Crippen LogP contribution in [0.4, 0.5) is 4.79 Å². The van der Waals surface area contributed by atoms with E-state index in [1.165, 1.54) is 0 Å². The molecule has 2 aromatic rings. The van der Waals surface area contributed by atoms with Crippen LogP contribution in [0.5, 0.6) is 0 Å². The molecule has 1 N–H and O–H groups in total. The van der Waals surface area contributed by atoms with Crippen LogP contribution in [0.3, 0.4) is 0 Å². The maximum atomic E-state index is 12.7. The molecular formula is C19H23NO4S. The number of rotatable bonds is 5. The third kappa shape index (κ3) is 5.90. The fraction of sp³-hybridized carbons (Fsp3) is 0.316. The lowest BCUT2D eigenvalue weighted by Crippen LogP contribution is -2.37. The highest BCUT2D eigenvalue weighted by molar-refractivity contribution is 7.91. The van der Waals surface area contributed by atoms with Gasteiger partial charge in [0.15, 0.2) is 9.84 Å². The van der Waals surface area contributed by atoms with E-state index in [1.807, 2.05) is 6.07 Å². The fourth-order valence-corrected chi connectivity index (χ4v) is 3.78. The van der Waals surface area contributed by atoms with Crippen LogP contribution >= 0.6 is 0 Å². The van der Waals surface area contributed by atoms with E-state index in [-0.39, 0.29) is 10.6 Å². The lowest BCUT2D eigenvalue weighted by atomic mass is 10.1. The van der Waals surface area contributed by atoms with Gasteiger partial charge in [-0.3, -0.25) is 0 Å². The number of carbonyl (C=O) groups excluding carboxylic acids is 1. The van der Waals surface area contributed by atoms with Gasteiger partial charge in [0, 0.05) is 0 Å². The molecule has 6 heteroatoms. The molecule has 5 nitrogen and oxygen atoms in total. The number of sulfone groups is 1. The molecule has 0 unspecified atom stereocenters. The molecular weight excluding hydrogens is 338 g/mol. The molecule has 0 fully saturated rings. The van der Waals surface area contributed by atoms with Crippen LogP contribution in [0.15, 0.2) is 65.6 Å². The van der Waals surface area contributed by atoms with Crippen molar-refractivity contribution in [2.45, 2.75) is 37.3 Å². The molecule has 1 amide bonds. The van der Waals surface area contributed by atoms with Gasteiger partial charge in [-0.1, -0.05) is 48.5 Å². The topological polar surface area (TPSA) is 72.5 Å². The van der Waals surface area contributed by atoms with Crippen LogP contribution in [0.25, 0.3) is 0 Å². The molecule has 25 heavy (non-hydrogen) atoms. The van der Waals surface area contributed by atoms with Crippen molar-refractivity contribution in [2.75, 3.05) is 5.75 Å². The highest BCUT2D eigenvalue weighted by atomic mass is 32.2. The second-order valence-corrected chi connectivity index (χ2v) is 8.74. The highest BCUT2D eigenvalue weighted by Crippen LogP contribution is 2.20. The summed E-state index contributed by atoms with van der Waals surface area (Å²) in [6.07, 6.45) is -0.649. The van der Waals surface area contributed by atoms with Gasteiger partial charge < -0.3 is 10.1 Å². The minimum absolute atomic E-state index is 0.224. The monoisotopic (exact) mass is 361 g/mol. The molecule has 0 radical (unpaired) electrons. The first-order chi connectivity index (χ1) is 11.7. The molecule has 2 rings (SSSR count). The van der Waals surface area contributed by atoms with E-state index in [9.17, 15) is 13.2 Å². The Balaban J connectivity index is 2.25. The van der Waals surface area contributed by atoms with Crippen molar-refractivity contribution in [1.82, 2.24) is 5.32 Å². The second-order valence-electron chi connectivity index (χ2n) is 6.70. The molecule has 0 heterocycles. The molecule has 0 aliphatic carbocycles. The molecule has 1 atom stereocenters. The zero-order valence-corrected chi connectivity index (χ0v) is 15.4. The van der Waals surface area contributed by atoms with E-state index in [2.05, 4.69) is 5.32 Å². The SMILES string of the molecule is CC(C)(C)OC(=O)N[C@H](CS(=O)(=O)c1ccccc1)c1ccccc1. The Bertz CT molecular complexity index is 796. The Morgan fingerprint density at radius 1 is 1.00 bits per heavy atom. The van der Waals surface area contributed by atoms with Crippen LogP contribution in [0.2, 0.25) is 0 Å². The Morgan fingerprint density at radius 2 is 1.52 bits per heavy atom. The number of amides is 1. The molecule has 0 saturated heterocycles. The van der Waals surface area contributed by atoms with Crippen molar-refractivity contribution in [3.8, 4) is 0 Å². The van der Waals surface area contributed by atoms with Gasteiger partial charge in [-0.15, -0.1) is 0 Å². The summed E-state index contributed by atoms with van der Waals surface area (Å²) in [4.78, 5) is 12.4. The van der Waals surface area contributed by atoms with E-state index in [0.29, 0.717) is 5.56 Å². The van der Waals surface area contributed by atoms with Crippen molar-refractivity contribution in [2.24, 2.45) is 0 Å². The number of hydrogen-bond acceptors (Lipinski definition) is 4. The third-order valence-corrected chi connectivity index (χ3v) is 5.14. The normalized spacial score (nSPS) is 13.1. The van der Waals surface area contributed by atoms with Crippen molar-refractivity contribution >= 4 is 15.9 Å². The zero-order chi connectivity index (χ0) is 18.5. The van der Waals surface area contributed by atoms with E-state index in [1.54, 1.807) is 75.4 Å². The largest absolute Gasteiger partial charge is 0.444 e. The summed E-state index contributed by atoms with van der Waals surface area (Å²) in [5.74, 6) is -0.250. The maximum Gasteiger partial charge on any atom is 0.408 e. The van der Waals surface area contributed by atoms with Crippen LogP contribution < -0.4 is 5.32 Å². The summed E-state index contributed by atoms with van der Waals surface area (Å²) < 4.78 is 30.6. The van der Waals surface area contributed by atoms with Gasteiger partial charge in [0.2, 0.25) is 0 Å². The minimum atomic E-state index is -3.57. The van der Waals surface area contributed by atoms with Crippen molar-refractivity contribution in [1.29, 1.82) is 0 Å². The first-order valence-electron chi connectivity index (χ1n) is 8.00. The minimum Gasteiger partial charge on any atom is -0.444 e. The first-order valence-corrected chi connectivity index (χ1v) is 9.65. The lowest BCUT2D eigenvalue weighted by molar-refractivity contribution is 0.0508. The third-order valence-electron chi connectivity index (χ3n) is 3.38. The molecule has 134 valence electrons. The Labute approximate surface area is 148 Å². The predicted octanol–water partition coefficient (Wildman–Crippen LogP) is 3.73. The Morgan fingerprint density at radius 3 is 2.04 bits per heavy atom. The van der Waals surface area contributed by atoms with Crippen LogP contribution in [-0.4, -0.2) is 25.9 Å². The average molecular weight is 361 g/mol. The molecule has 2 aromatic carbocycles. The van der Waals surface area contributed by atoms with Crippen LogP contribution in [0, 0.1) is 0 Å². The first kappa shape index (κ1) is 19.0. The molecule has 0 aromatic heterocycles. The summed E-state index contributed by atoms with van der Waals surface area (Å²) in [5, 5.41) is 2.68. The van der Waals surface area contributed by atoms with Crippen LogP contribution in [0.1, 0.15) is 32.4 Å². The van der Waals surface area contributed by atoms with Gasteiger partial charge in [0.25, 0.3) is 0 Å². The van der Waals surface area contributed by atoms with Gasteiger partial charge in [-0.05, 0) is 38.5 Å². The number of carbonyl (C=O) groups is 1. The highest BCUT2D eigenvalue weighted by Gasteiger charge is 2.26. The molecule has 0 aliphatic heterocycles. The molecule has 0 bridgehead atoms. The van der Waals surface area contributed by atoms with Gasteiger partial charge in [0.05, 0.1) is 16.7 Å². The lowest BCUT2D eigenvalue weighted by Gasteiger charge is -2.24. The van der Waals surface area contributed by atoms with Gasteiger partial charge in [-0.2, -0.15) is 0 Å². The van der Waals surface area contributed by atoms with E-state index in [0.717, 1.165) is 0 Å². The van der Waals surface area contributed by atoms with Crippen molar-refractivity contribution in [3.63, 3.8) is 0 Å². The maximum absolute atomic E-state index is 12.7. The number of benzene rings is 2. The predicted molar refractivity (Wildman–Crippen MR) is 97.0 cm³/mol. The van der Waals surface area contributed by atoms with Crippen molar-refractivity contribution < 1.29 is 17.9 Å². The van der Waals surface area contributed by atoms with E-state index < -0.39 is 27.6 Å². The quantitative estimate of drug-likeness (QED) is 0.881. The summed E-state index contributed by atoms with van der Waals surface area (Å²) in [5.41, 5.74) is 0.0387. The standard InChI is InChI=1S/C19H23NO4S/c1-19(2,3)24-18(21)20-17(15-10-6-4-7-11-15)14-25(22,23)16-12-8-5-9-13-16/h4-13,17H,14H2,1-3H3,(H,20,21)/t17-/m1/s1. The molecule has 0 saturated carbocycles. The van der Waals surface area contributed by atoms with Gasteiger partial charge >= 0.3 is 6.09 Å². The number of ether oxygens (including phenoxy) is 1. The summed E-state index contributed by atoms with van der Waals surface area (Å²) in [7, 11) is -3.57. The van der Waals surface area contributed by atoms with E-state index >= 15 is 0 Å². The Kier molecular flexibility index (Phi) is 5.85. The molecule has 0 aliphatic rings. The smallest absolute Gasteiger partial charge is 0.408 e. The number of hydrogen-bond donors (Lipinski definition) is 1.